The van der Waals surface area contributed by atoms with E-state index in [1.54, 1.807) is 7.11 Å². The Morgan fingerprint density at radius 1 is 1.38 bits per heavy atom. The zero-order valence-electron chi connectivity index (χ0n) is 10.3. The van der Waals surface area contributed by atoms with E-state index >= 15 is 0 Å². The molecular weight excluding hydrogens is 313 g/mol. The van der Waals surface area contributed by atoms with Crippen LogP contribution in [-0.4, -0.2) is 25.6 Å². The van der Waals surface area contributed by atoms with Crippen LogP contribution in [0.15, 0.2) is 12.1 Å². The fraction of sp³-hybridized carbons (Fsp3) is 0.538. The zero-order chi connectivity index (χ0) is 11.9. The lowest BCUT2D eigenvalue weighted by molar-refractivity contribution is 0.235. The van der Waals surface area contributed by atoms with Gasteiger partial charge in [-0.15, -0.1) is 0 Å². The molecule has 0 fully saturated rings. The largest absolute Gasteiger partial charge is 0.496 e. The summed E-state index contributed by atoms with van der Waals surface area (Å²) < 4.78 is 6.61. The topological polar surface area (TPSA) is 12.5 Å². The Labute approximate surface area is 111 Å². The Bertz CT molecular complexity index is 415. The van der Waals surface area contributed by atoms with Crippen molar-refractivity contribution in [1.29, 1.82) is 0 Å². The predicted octanol–water partition coefficient (Wildman–Crippen LogP) is 3.02. The molecule has 0 saturated carbocycles. The van der Waals surface area contributed by atoms with Crippen LogP contribution < -0.4 is 4.74 Å². The molecule has 16 heavy (non-hydrogen) atoms. The van der Waals surface area contributed by atoms with E-state index in [2.05, 4.69) is 60.5 Å². The lowest BCUT2D eigenvalue weighted by atomic mass is 9.78. The highest BCUT2D eigenvalue weighted by molar-refractivity contribution is 14.1. The van der Waals surface area contributed by atoms with E-state index in [9.17, 15) is 0 Å². The predicted molar refractivity (Wildman–Crippen MR) is 75.1 cm³/mol. The molecule has 1 aliphatic heterocycles. The first-order valence-corrected chi connectivity index (χ1v) is 6.57. The molecule has 0 saturated heterocycles. The molecule has 0 amide bonds. The number of nitrogens with zero attached hydrogens (tertiary/aromatic N) is 1. The van der Waals surface area contributed by atoms with Gasteiger partial charge in [0.15, 0.2) is 0 Å². The lowest BCUT2D eigenvalue weighted by Gasteiger charge is -2.38. The number of hydrogen-bond donors (Lipinski definition) is 0. The summed E-state index contributed by atoms with van der Waals surface area (Å²) in [5.41, 5.74) is 3.08. The third kappa shape index (κ3) is 2.07. The summed E-state index contributed by atoms with van der Waals surface area (Å²) in [6.07, 6.45) is 0. The van der Waals surface area contributed by atoms with E-state index in [-0.39, 0.29) is 5.41 Å². The quantitative estimate of drug-likeness (QED) is 0.734. The van der Waals surface area contributed by atoms with Crippen LogP contribution in [0, 0.1) is 3.57 Å². The minimum absolute atomic E-state index is 0.208. The van der Waals surface area contributed by atoms with Crippen LogP contribution in [0.25, 0.3) is 0 Å². The van der Waals surface area contributed by atoms with Gasteiger partial charge in [0, 0.05) is 18.5 Å². The molecule has 0 unspecified atom stereocenters. The minimum Gasteiger partial charge on any atom is -0.496 e. The smallest absolute Gasteiger partial charge is 0.132 e. The average molecular weight is 331 g/mol. The van der Waals surface area contributed by atoms with Gasteiger partial charge in [-0.1, -0.05) is 13.8 Å². The number of methoxy groups -OCH3 is 1. The molecule has 1 aliphatic rings. The van der Waals surface area contributed by atoms with Gasteiger partial charge < -0.3 is 9.64 Å². The number of ether oxygens (including phenoxy) is 1. The Kier molecular flexibility index (Phi) is 3.18. The third-order valence-corrected chi connectivity index (χ3v) is 4.06. The SMILES string of the molecule is COc1cc2c(cc1I)CN(C)CC2(C)C. The van der Waals surface area contributed by atoms with E-state index in [1.807, 2.05) is 0 Å². The first-order valence-electron chi connectivity index (χ1n) is 5.49. The van der Waals surface area contributed by atoms with Gasteiger partial charge in [-0.05, 0) is 52.9 Å². The molecule has 0 bridgehead atoms. The standard InChI is InChI=1S/C13H18INO/c1-13(2)8-15(3)7-9-5-11(14)12(16-4)6-10(9)13/h5-6H,7-8H2,1-4H3. The number of rotatable bonds is 1. The molecule has 2 rings (SSSR count). The summed E-state index contributed by atoms with van der Waals surface area (Å²) in [5.74, 6) is 0.997. The van der Waals surface area contributed by atoms with Crippen LogP contribution in [0.1, 0.15) is 25.0 Å². The van der Waals surface area contributed by atoms with Gasteiger partial charge in [0.25, 0.3) is 0 Å². The van der Waals surface area contributed by atoms with Crippen molar-refractivity contribution in [3.8, 4) is 5.75 Å². The molecule has 0 spiro atoms. The molecule has 0 aliphatic carbocycles. The van der Waals surface area contributed by atoms with Crippen molar-refractivity contribution in [2.75, 3.05) is 20.7 Å². The van der Waals surface area contributed by atoms with Gasteiger partial charge in [0.05, 0.1) is 10.7 Å². The van der Waals surface area contributed by atoms with Crippen molar-refractivity contribution in [2.45, 2.75) is 25.8 Å². The van der Waals surface area contributed by atoms with Gasteiger partial charge in [0.2, 0.25) is 0 Å². The van der Waals surface area contributed by atoms with Crippen LogP contribution in [-0.2, 0) is 12.0 Å². The van der Waals surface area contributed by atoms with Crippen molar-refractivity contribution in [3.63, 3.8) is 0 Å². The summed E-state index contributed by atoms with van der Waals surface area (Å²) in [5, 5.41) is 0. The maximum atomic E-state index is 5.41. The highest BCUT2D eigenvalue weighted by Crippen LogP contribution is 2.37. The lowest BCUT2D eigenvalue weighted by Crippen LogP contribution is -2.40. The van der Waals surface area contributed by atoms with E-state index in [0.717, 1.165) is 18.8 Å². The number of fused-ring (bicyclic) bond motifs is 1. The Morgan fingerprint density at radius 3 is 2.69 bits per heavy atom. The molecule has 88 valence electrons. The summed E-state index contributed by atoms with van der Waals surface area (Å²) in [6.45, 7) is 6.74. The number of likely N-dealkylation sites (N-methyl/N-ethyl adjacent to an activating group) is 1. The second-order valence-electron chi connectivity index (χ2n) is 5.20. The van der Waals surface area contributed by atoms with E-state index in [0.29, 0.717) is 0 Å². The molecule has 0 aromatic heterocycles. The van der Waals surface area contributed by atoms with Gasteiger partial charge in [-0.2, -0.15) is 0 Å². The van der Waals surface area contributed by atoms with Crippen molar-refractivity contribution in [3.05, 3.63) is 26.8 Å². The normalized spacial score (nSPS) is 19.3. The number of halogens is 1. The van der Waals surface area contributed by atoms with Crippen LogP contribution in [0.4, 0.5) is 0 Å². The zero-order valence-corrected chi connectivity index (χ0v) is 12.5. The van der Waals surface area contributed by atoms with Crippen LogP contribution in [0.2, 0.25) is 0 Å². The molecule has 2 nitrogen and oxygen atoms in total. The maximum absolute atomic E-state index is 5.41. The Balaban J connectivity index is 2.56. The monoisotopic (exact) mass is 331 g/mol. The molecule has 3 heteroatoms. The summed E-state index contributed by atoms with van der Waals surface area (Å²) >= 11 is 2.34. The van der Waals surface area contributed by atoms with Gasteiger partial charge in [-0.25, -0.2) is 0 Å². The van der Waals surface area contributed by atoms with Crippen molar-refractivity contribution in [2.24, 2.45) is 0 Å². The summed E-state index contributed by atoms with van der Waals surface area (Å²) in [4.78, 5) is 2.38. The Morgan fingerprint density at radius 2 is 2.06 bits per heavy atom. The Hall–Kier alpha value is -0.290. The van der Waals surface area contributed by atoms with Gasteiger partial charge in [0.1, 0.15) is 5.75 Å². The van der Waals surface area contributed by atoms with Gasteiger partial charge >= 0.3 is 0 Å². The summed E-state index contributed by atoms with van der Waals surface area (Å²) in [6, 6.07) is 4.47. The first kappa shape index (κ1) is 12.2. The molecular formula is C13H18INO. The molecule has 1 aromatic carbocycles. The maximum Gasteiger partial charge on any atom is 0.132 e. The number of hydrogen-bond acceptors (Lipinski definition) is 2. The molecule has 1 heterocycles. The second-order valence-corrected chi connectivity index (χ2v) is 6.36. The molecule has 0 atom stereocenters. The molecule has 0 N–H and O–H groups in total. The molecule has 1 aromatic rings. The fourth-order valence-electron chi connectivity index (χ4n) is 2.62. The van der Waals surface area contributed by atoms with Crippen LogP contribution >= 0.6 is 22.6 Å². The highest BCUT2D eigenvalue weighted by atomic mass is 127. The van der Waals surface area contributed by atoms with Crippen molar-refractivity contribution >= 4 is 22.6 Å². The van der Waals surface area contributed by atoms with Crippen LogP contribution in [0.5, 0.6) is 5.75 Å². The number of benzene rings is 1. The average Bonchev–Trinajstić information content (AvgIpc) is 2.15. The van der Waals surface area contributed by atoms with E-state index < -0.39 is 0 Å². The van der Waals surface area contributed by atoms with Crippen molar-refractivity contribution in [1.82, 2.24) is 4.90 Å². The highest BCUT2D eigenvalue weighted by Gasteiger charge is 2.31. The van der Waals surface area contributed by atoms with Crippen LogP contribution in [0.3, 0.4) is 0 Å². The second kappa shape index (κ2) is 4.18. The summed E-state index contributed by atoms with van der Waals surface area (Å²) in [7, 11) is 3.92. The fourth-order valence-corrected chi connectivity index (χ4v) is 3.37. The van der Waals surface area contributed by atoms with Crippen molar-refractivity contribution < 1.29 is 4.74 Å². The van der Waals surface area contributed by atoms with Gasteiger partial charge in [-0.3, -0.25) is 0 Å². The third-order valence-electron chi connectivity index (χ3n) is 3.21. The molecule has 0 radical (unpaired) electrons. The van der Waals surface area contributed by atoms with E-state index in [4.69, 9.17) is 4.74 Å². The first-order chi connectivity index (χ1) is 7.44. The van der Waals surface area contributed by atoms with E-state index in [1.165, 1.54) is 14.7 Å². The minimum atomic E-state index is 0.208.